The summed E-state index contributed by atoms with van der Waals surface area (Å²) in [7, 11) is -3.21. The van der Waals surface area contributed by atoms with E-state index in [9.17, 15) is 17.6 Å². The molecule has 0 aliphatic heterocycles. The maximum atomic E-state index is 13.3. The van der Waals surface area contributed by atoms with E-state index in [2.05, 4.69) is 35.4 Å². The van der Waals surface area contributed by atoms with Gasteiger partial charge in [0.25, 0.3) is 5.91 Å². The zero-order chi connectivity index (χ0) is 25.0. The lowest BCUT2D eigenvalue weighted by molar-refractivity contribution is 0.0945. The van der Waals surface area contributed by atoms with Crippen molar-refractivity contribution in [3.63, 3.8) is 0 Å². The van der Waals surface area contributed by atoms with Crippen LogP contribution in [-0.2, 0) is 23.1 Å². The van der Waals surface area contributed by atoms with Gasteiger partial charge in [0.2, 0.25) is 15.8 Å². The highest BCUT2D eigenvalue weighted by atomic mass is 35.5. The zero-order valence-electron chi connectivity index (χ0n) is 18.9. The highest BCUT2D eigenvalue weighted by Crippen LogP contribution is 2.26. The normalized spacial score (nSPS) is 18.4. The van der Waals surface area contributed by atoms with E-state index >= 15 is 0 Å². The molecule has 2 aromatic heterocycles. The number of halogens is 2. The molecule has 35 heavy (non-hydrogen) atoms. The number of hydrogen-bond acceptors (Lipinski definition) is 8. The Bertz CT molecular complexity index is 1310. The summed E-state index contributed by atoms with van der Waals surface area (Å²) in [6.07, 6.45) is 5.63. The molecule has 0 saturated heterocycles. The van der Waals surface area contributed by atoms with Crippen LogP contribution in [0, 0.1) is 11.7 Å². The number of aromatic nitrogens is 6. The molecular formula is C21H24ClFN8O3S. The minimum atomic E-state index is -3.21. The van der Waals surface area contributed by atoms with E-state index in [1.54, 1.807) is 0 Å². The summed E-state index contributed by atoms with van der Waals surface area (Å²) in [4.78, 5) is 22.2. The molecule has 2 N–H and O–H groups in total. The van der Waals surface area contributed by atoms with Crippen LogP contribution in [0.5, 0.6) is 0 Å². The topological polar surface area (TPSA) is 145 Å². The van der Waals surface area contributed by atoms with Crippen LogP contribution >= 0.6 is 11.6 Å². The molecule has 1 fully saturated rings. The van der Waals surface area contributed by atoms with E-state index in [0.717, 1.165) is 25.7 Å². The van der Waals surface area contributed by atoms with E-state index < -0.39 is 21.7 Å². The van der Waals surface area contributed by atoms with Crippen LogP contribution < -0.4 is 10.0 Å². The van der Waals surface area contributed by atoms with Crippen molar-refractivity contribution in [1.29, 1.82) is 0 Å². The van der Waals surface area contributed by atoms with Crippen molar-refractivity contribution in [2.45, 2.75) is 44.8 Å². The Kier molecular flexibility index (Phi) is 7.67. The van der Waals surface area contributed by atoms with Gasteiger partial charge in [0.1, 0.15) is 23.5 Å². The van der Waals surface area contributed by atoms with Gasteiger partial charge in [0.05, 0.1) is 17.8 Å². The molecule has 186 valence electrons. The molecule has 1 amide bonds. The van der Waals surface area contributed by atoms with Crippen molar-refractivity contribution in [3.05, 3.63) is 52.7 Å². The Morgan fingerprint density at radius 1 is 1.20 bits per heavy atom. The van der Waals surface area contributed by atoms with Crippen molar-refractivity contribution in [1.82, 2.24) is 40.2 Å². The number of tetrazole rings is 1. The molecule has 1 aliphatic rings. The summed E-state index contributed by atoms with van der Waals surface area (Å²) < 4.78 is 38.8. The maximum Gasteiger partial charge on any atom is 0.270 e. The maximum absolute atomic E-state index is 13.3. The molecule has 2 heterocycles. The fourth-order valence-corrected chi connectivity index (χ4v) is 4.99. The molecule has 0 spiro atoms. The van der Waals surface area contributed by atoms with Crippen LogP contribution in [0.15, 0.2) is 30.6 Å². The van der Waals surface area contributed by atoms with Crippen molar-refractivity contribution >= 4 is 27.5 Å². The smallest absolute Gasteiger partial charge is 0.270 e. The zero-order valence-corrected chi connectivity index (χ0v) is 20.4. The molecule has 14 heteroatoms. The fourth-order valence-electron chi connectivity index (χ4n) is 3.95. The number of rotatable bonds is 8. The number of benzene rings is 1. The molecule has 0 atom stereocenters. The van der Waals surface area contributed by atoms with E-state index in [4.69, 9.17) is 11.6 Å². The van der Waals surface area contributed by atoms with Gasteiger partial charge in [-0.2, -0.15) is 4.80 Å². The standard InChI is InChI=1S/C21H24ClFN8O3S/c1-35(33,34)29-15-5-2-13(3-6-15)11-31-28-20(27-30-31)18-9-19(26-12-25-18)21(32)24-10-14-4-7-17(23)16(22)8-14/h4,7-9,12-13,15,29H,2-3,5-6,10-11H2,1H3,(H,24,32)/t13-,15-. The minimum Gasteiger partial charge on any atom is -0.347 e. The SMILES string of the molecule is CS(=O)(=O)N[C@H]1CC[C@H](Cn2nnc(-c3cc(C(=O)NCc4ccc(F)c(Cl)c4)ncn3)n2)CC1. The van der Waals surface area contributed by atoms with Crippen molar-refractivity contribution < 1.29 is 17.6 Å². The summed E-state index contributed by atoms with van der Waals surface area (Å²) in [6, 6.07) is 5.64. The van der Waals surface area contributed by atoms with Gasteiger partial charge in [-0.25, -0.2) is 27.5 Å². The van der Waals surface area contributed by atoms with Crippen LogP contribution in [-0.4, -0.2) is 56.8 Å². The molecule has 1 saturated carbocycles. The fraction of sp³-hybridized carbons (Fsp3) is 0.429. The summed E-state index contributed by atoms with van der Waals surface area (Å²) >= 11 is 5.77. The Morgan fingerprint density at radius 2 is 1.97 bits per heavy atom. The second-order valence-corrected chi connectivity index (χ2v) is 10.7. The third kappa shape index (κ3) is 6.99. The van der Waals surface area contributed by atoms with Gasteiger partial charge in [-0.1, -0.05) is 17.7 Å². The summed E-state index contributed by atoms with van der Waals surface area (Å²) in [6.45, 7) is 0.700. The van der Waals surface area contributed by atoms with Gasteiger partial charge in [0, 0.05) is 12.6 Å². The van der Waals surface area contributed by atoms with Gasteiger partial charge < -0.3 is 5.32 Å². The molecule has 0 radical (unpaired) electrons. The first-order valence-corrected chi connectivity index (χ1v) is 13.2. The lowest BCUT2D eigenvalue weighted by Crippen LogP contribution is -2.37. The molecule has 4 rings (SSSR count). The second kappa shape index (κ2) is 10.7. The van der Waals surface area contributed by atoms with Crippen LogP contribution in [0.4, 0.5) is 4.39 Å². The molecule has 11 nitrogen and oxygen atoms in total. The predicted molar refractivity (Wildman–Crippen MR) is 125 cm³/mol. The molecule has 0 unspecified atom stereocenters. The quantitative estimate of drug-likeness (QED) is 0.456. The lowest BCUT2D eigenvalue weighted by atomic mass is 9.86. The predicted octanol–water partition coefficient (Wildman–Crippen LogP) is 1.96. The third-order valence-electron chi connectivity index (χ3n) is 5.67. The largest absolute Gasteiger partial charge is 0.347 e. The Labute approximate surface area is 206 Å². The van der Waals surface area contributed by atoms with E-state index in [0.29, 0.717) is 23.7 Å². The van der Waals surface area contributed by atoms with Crippen LogP contribution in [0.1, 0.15) is 41.7 Å². The molecule has 0 bridgehead atoms. The first kappa shape index (κ1) is 25.1. The van der Waals surface area contributed by atoms with Gasteiger partial charge in [-0.05, 0) is 60.6 Å². The number of amides is 1. The highest BCUT2D eigenvalue weighted by molar-refractivity contribution is 7.88. The van der Waals surface area contributed by atoms with Gasteiger partial charge in [-0.3, -0.25) is 4.79 Å². The number of nitrogens with zero attached hydrogens (tertiary/aromatic N) is 6. The number of carbonyl (C=O) groups is 1. The first-order valence-electron chi connectivity index (χ1n) is 11.0. The molecule has 3 aromatic rings. The van der Waals surface area contributed by atoms with E-state index in [1.165, 1.54) is 41.6 Å². The third-order valence-corrected chi connectivity index (χ3v) is 6.72. The lowest BCUT2D eigenvalue weighted by Gasteiger charge is -2.27. The number of hydrogen-bond donors (Lipinski definition) is 2. The highest BCUT2D eigenvalue weighted by Gasteiger charge is 2.24. The van der Waals surface area contributed by atoms with Crippen molar-refractivity contribution in [3.8, 4) is 11.5 Å². The van der Waals surface area contributed by atoms with Crippen molar-refractivity contribution in [2.24, 2.45) is 5.92 Å². The van der Waals surface area contributed by atoms with Gasteiger partial charge in [-0.15, -0.1) is 10.2 Å². The average molecular weight is 523 g/mol. The Hall–Kier alpha value is -3.03. The monoisotopic (exact) mass is 522 g/mol. The minimum absolute atomic E-state index is 0.0196. The summed E-state index contributed by atoms with van der Waals surface area (Å²) in [5.74, 6) is -0.402. The summed E-state index contributed by atoms with van der Waals surface area (Å²) in [5, 5.41) is 15.2. The molecule has 1 aliphatic carbocycles. The number of nitrogens with one attached hydrogen (secondary N) is 2. The number of carbonyl (C=O) groups excluding carboxylic acids is 1. The van der Waals surface area contributed by atoms with E-state index in [1.807, 2.05) is 0 Å². The van der Waals surface area contributed by atoms with E-state index in [-0.39, 0.29) is 29.1 Å². The van der Waals surface area contributed by atoms with Crippen LogP contribution in [0.25, 0.3) is 11.5 Å². The molecular weight excluding hydrogens is 499 g/mol. The van der Waals surface area contributed by atoms with Crippen molar-refractivity contribution in [2.75, 3.05) is 6.26 Å². The molecule has 1 aromatic carbocycles. The second-order valence-electron chi connectivity index (χ2n) is 8.50. The first-order chi connectivity index (χ1) is 16.7. The summed E-state index contributed by atoms with van der Waals surface area (Å²) in [5.41, 5.74) is 1.11. The van der Waals surface area contributed by atoms with Gasteiger partial charge in [0.15, 0.2) is 0 Å². The Balaban J connectivity index is 1.34. The van der Waals surface area contributed by atoms with Crippen LogP contribution in [0.3, 0.4) is 0 Å². The average Bonchev–Trinajstić information content (AvgIpc) is 3.28. The Morgan fingerprint density at radius 3 is 2.69 bits per heavy atom. The van der Waals surface area contributed by atoms with Gasteiger partial charge >= 0.3 is 0 Å². The number of sulfonamides is 1. The van der Waals surface area contributed by atoms with Crippen LogP contribution in [0.2, 0.25) is 5.02 Å².